The van der Waals surface area contributed by atoms with E-state index in [2.05, 4.69) is 9.98 Å². The van der Waals surface area contributed by atoms with Gasteiger partial charge in [0.1, 0.15) is 11.5 Å². The maximum Gasteiger partial charge on any atom is 0.198 e. The van der Waals surface area contributed by atoms with Crippen LogP contribution < -0.4 is 0 Å². The summed E-state index contributed by atoms with van der Waals surface area (Å²) >= 11 is 0. The molecule has 4 aromatic rings. The smallest absolute Gasteiger partial charge is 0.198 e. The van der Waals surface area contributed by atoms with Crippen LogP contribution in [0.1, 0.15) is 5.56 Å². The van der Waals surface area contributed by atoms with Crippen molar-refractivity contribution in [3.63, 3.8) is 0 Å². The Hall–Kier alpha value is -3.47. The maximum absolute atomic E-state index is 10.2. The molecule has 5 heteroatoms. The lowest BCUT2D eigenvalue weighted by Gasteiger charge is -1.98. The number of aromatic nitrogens is 1. The molecule has 0 unspecified atom stereocenters. The van der Waals surface area contributed by atoms with Gasteiger partial charge in [0.2, 0.25) is 0 Å². The molecule has 4 rings (SSSR count). The van der Waals surface area contributed by atoms with E-state index >= 15 is 0 Å². The highest BCUT2D eigenvalue weighted by Crippen LogP contribution is 2.30. The number of fused-ring (bicyclic) bond motifs is 1. The quantitative estimate of drug-likeness (QED) is 0.483. The Balaban J connectivity index is 1.73. The number of phenols is 1. The second-order valence-corrected chi connectivity index (χ2v) is 5.40. The van der Waals surface area contributed by atoms with Crippen molar-refractivity contribution in [1.82, 2.24) is 4.98 Å². The van der Waals surface area contributed by atoms with E-state index in [1.165, 1.54) is 0 Å². The molecule has 0 radical (unpaired) electrons. The normalized spacial score (nSPS) is 11.5. The molecular weight excluding hydrogens is 304 g/mol. The highest BCUT2D eigenvalue weighted by molar-refractivity contribution is 6.03. The van der Waals surface area contributed by atoms with Gasteiger partial charge in [0, 0.05) is 22.7 Å². The summed E-state index contributed by atoms with van der Waals surface area (Å²) in [5.74, 6) is 1.02. The van der Waals surface area contributed by atoms with Crippen LogP contribution in [0.2, 0.25) is 0 Å². The van der Waals surface area contributed by atoms with Crippen LogP contribution in [-0.2, 0) is 0 Å². The fourth-order valence-electron chi connectivity index (χ4n) is 2.61. The number of aromatic amines is 1. The molecule has 0 fully saturated rings. The largest absolute Gasteiger partial charge is 0.508 e. The lowest BCUT2D eigenvalue weighted by molar-refractivity contribution is 0.457. The molecule has 0 saturated heterocycles. The van der Waals surface area contributed by atoms with Crippen LogP contribution in [0.4, 0.5) is 5.69 Å². The zero-order chi connectivity index (χ0) is 16.5. The molecule has 2 aromatic carbocycles. The van der Waals surface area contributed by atoms with Gasteiger partial charge >= 0.3 is 0 Å². The molecule has 0 saturated carbocycles. The predicted molar refractivity (Wildman–Crippen MR) is 93.0 cm³/mol. The third-order valence-electron chi connectivity index (χ3n) is 3.82. The van der Waals surface area contributed by atoms with Crippen molar-refractivity contribution in [3.8, 4) is 23.0 Å². The molecule has 24 heavy (non-hydrogen) atoms. The number of hydrogen-bond donors (Lipinski definition) is 3. The van der Waals surface area contributed by atoms with Crippen molar-refractivity contribution < 1.29 is 14.6 Å². The Morgan fingerprint density at radius 3 is 2.58 bits per heavy atom. The molecule has 0 aliphatic rings. The summed E-state index contributed by atoms with van der Waals surface area (Å²) < 4.78 is 5.40. The van der Waals surface area contributed by atoms with Gasteiger partial charge in [-0.1, -0.05) is 12.1 Å². The van der Waals surface area contributed by atoms with E-state index in [0.717, 1.165) is 22.2 Å². The SMILES string of the molecule is Oc1ccc(N=Cc2c(O)[nH]c3cc(-c4ccco4)ccc23)cc1. The van der Waals surface area contributed by atoms with Gasteiger partial charge in [-0.15, -0.1) is 0 Å². The zero-order valence-electron chi connectivity index (χ0n) is 12.6. The summed E-state index contributed by atoms with van der Waals surface area (Å²) in [5.41, 5.74) is 3.03. The molecule has 0 aliphatic carbocycles. The van der Waals surface area contributed by atoms with Gasteiger partial charge in [-0.2, -0.15) is 0 Å². The van der Waals surface area contributed by atoms with E-state index in [9.17, 15) is 10.2 Å². The van der Waals surface area contributed by atoms with Crippen LogP contribution in [-0.4, -0.2) is 21.4 Å². The lowest BCUT2D eigenvalue weighted by atomic mass is 10.1. The summed E-state index contributed by atoms with van der Waals surface area (Å²) in [5, 5.41) is 20.3. The van der Waals surface area contributed by atoms with E-state index in [4.69, 9.17) is 4.42 Å². The fraction of sp³-hybridized carbons (Fsp3) is 0. The molecular formula is C19H14N2O3. The minimum absolute atomic E-state index is 0.0594. The van der Waals surface area contributed by atoms with Crippen LogP contribution >= 0.6 is 0 Å². The van der Waals surface area contributed by atoms with Crippen LogP contribution in [0.3, 0.4) is 0 Å². The first-order valence-corrected chi connectivity index (χ1v) is 7.42. The van der Waals surface area contributed by atoms with Gasteiger partial charge in [0.25, 0.3) is 0 Å². The minimum atomic E-state index is 0.0594. The number of rotatable bonds is 3. The summed E-state index contributed by atoms with van der Waals surface area (Å²) in [4.78, 5) is 7.30. The Bertz CT molecular complexity index is 1010. The van der Waals surface area contributed by atoms with Gasteiger partial charge in [-0.05, 0) is 42.5 Å². The van der Waals surface area contributed by atoms with Crippen LogP contribution in [0.25, 0.3) is 22.2 Å². The first-order chi connectivity index (χ1) is 11.7. The Labute approximate surface area is 137 Å². The van der Waals surface area contributed by atoms with E-state index in [1.807, 2.05) is 30.3 Å². The van der Waals surface area contributed by atoms with Crippen molar-refractivity contribution in [1.29, 1.82) is 0 Å². The van der Waals surface area contributed by atoms with Crippen molar-refractivity contribution in [2.45, 2.75) is 0 Å². The van der Waals surface area contributed by atoms with Crippen molar-refractivity contribution in [3.05, 3.63) is 66.4 Å². The molecule has 0 aliphatic heterocycles. The van der Waals surface area contributed by atoms with Crippen LogP contribution in [0.15, 0.2) is 70.3 Å². The third kappa shape index (κ3) is 2.52. The second-order valence-electron chi connectivity index (χ2n) is 5.40. The summed E-state index contributed by atoms with van der Waals surface area (Å²) in [6, 6.07) is 16.0. The Kier molecular flexibility index (Phi) is 3.31. The van der Waals surface area contributed by atoms with Gasteiger partial charge in [-0.3, -0.25) is 4.99 Å². The molecule has 5 nitrogen and oxygen atoms in total. The average molecular weight is 318 g/mol. The zero-order valence-corrected chi connectivity index (χ0v) is 12.6. The van der Waals surface area contributed by atoms with Gasteiger partial charge < -0.3 is 19.6 Å². The number of aliphatic imine (C=N–C) groups is 1. The number of furan rings is 1. The molecule has 3 N–H and O–H groups in total. The average Bonchev–Trinajstić information content (AvgIpc) is 3.21. The number of benzene rings is 2. The monoisotopic (exact) mass is 318 g/mol. The van der Waals surface area contributed by atoms with Crippen molar-refractivity contribution >= 4 is 22.8 Å². The summed E-state index contributed by atoms with van der Waals surface area (Å²) in [6.45, 7) is 0. The van der Waals surface area contributed by atoms with E-state index in [0.29, 0.717) is 11.3 Å². The third-order valence-corrected chi connectivity index (χ3v) is 3.82. The van der Waals surface area contributed by atoms with Gasteiger partial charge in [0.05, 0.1) is 17.5 Å². The number of nitrogens with one attached hydrogen (secondary N) is 1. The highest BCUT2D eigenvalue weighted by Gasteiger charge is 2.11. The number of aromatic hydroxyl groups is 2. The molecule has 2 heterocycles. The van der Waals surface area contributed by atoms with E-state index in [1.54, 1.807) is 36.7 Å². The standard InChI is InChI=1S/C19H14N2O3/c22-14-6-4-13(5-7-14)20-11-16-15-8-3-12(18-2-1-9-24-18)10-17(15)21-19(16)23/h1-11,21-23H. The number of hydrogen-bond acceptors (Lipinski definition) is 4. The van der Waals surface area contributed by atoms with E-state index in [-0.39, 0.29) is 11.6 Å². The minimum Gasteiger partial charge on any atom is -0.508 e. The first kappa shape index (κ1) is 14.1. The van der Waals surface area contributed by atoms with Gasteiger partial charge in [0.15, 0.2) is 5.88 Å². The Morgan fingerprint density at radius 1 is 1.00 bits per heavy atom. The molecule has 2 aromatic heterocycles. The number of H-pyrrole nitrogens is 1. The Morgan fingerprint density at radius 2 is 1.83 bits per heavy atom. The number of nitrogens with zero attached hydrogens (tertiary/aromatic N) is 1. The molecule has 0 amide bonds. The molecule has 0 spiro atoms. The van der Waals surface area contributed by atoms with Crippen molar-refractivity contribution in [2.24, 2.45) is 4.99 Å². The van der Waals surface area contributed by atoms with Crippen LogP contribution in [0.5, 0.6) is 11.6 Å². The predicted octanol–water partition coefficient (Wildman–Crippen LogP) is 4.59. The molecule has 0 bridgehead atoms. The highest BCUT2D eigenvalue weighted by atomic mass is 16.3. The molecule has 0 atom stereocenters. The molecule has 118 valence electrons. The maximum atomic E-state index is 10.2. The van der Waals surface area contributed by atoms with Gasteiger partial charge in [-0.25, -0.2) is 0 Å². The van der Waals surface area contributed by atoms with E-state index < -0.39 is 0 Å². The first-order valence-electron chi connectivity index (χ1n) is 7.42. The lowest BCUT2D eigenvalue weighted by Crippen LogP contribution is -1.79. The number of phenolic OH excluding ortho intramolecular Hbond substituents is 1. The summed E-state index contributed by atoms with van der Waals surface area (Å²) in [6.07, 6.45) is 3.23. The summed E-state index contributed by atoms with van der Waals surface area (Å²) in [7, 11) is 0. The second kappa shape index (κ2) is 5.62. The van der Waals surface area contributed by atoms with Crippen LogP contribution in [0, 0.1) is 0 Å². The topological polar surface area (TPSA) is 81.8 Å². The fourth-order valence-corrected chi connectivity index (χ4v) is 2.61. The van der Waals surface area contributed by atoms with Crippen molar-refractivity contribution in [2.75, 3.05) is 0 Å².